The van der Waals surface area contributed by atoms with Gasteiger partial charge >= 0.3 is 0 Å². The van der Waals surface area contributed by atoms with E-state index in [-0.39, 0.29) is 5.91 Å². The summed E-state index contributed by atoms with van der Waals surface area (Å²) in [5.41, 5.74) is 5.58. The quantitative estimate of drug-likeness (QED) is 0.769. The minimum Gasteiger partial charge on any atom is -0.384 e. The maximum atomic E-state index is 11.6. The summed E-state index contributed by atoms with van der Waals surface area (Å²) in [7, 11) is 1.83. The van der Waals surface area contributed by atoms with Crippen LogP contribution in [0.5, 0.6) is 0 Å². The molecule has 1 heterocycles. The molecule has 0 saturated heterocycles. The van der Waals surface area contributed by atoms with Crippen molar-refractivity contribution in [1.29, 1.82) is 0 Å². The molecule has 16 heavy (non-hydrogen) atoms. The van der Waals surface area contributed by atoms with Crippen LogP contribution in [0.15, 0.2) is 18.2 Å². The van der Waals surface area contributed by atoms with Crippen molar-refractivity contribution >= 4 is 17.5 Å². The lowest BCUT2D eigenvalue weighted by Gasteiger charge is -2.17. The average molecular weight is 220 g/mol. The van der Waals surface area contributed by atoms with Crippen molar-refractivity contribution < 1.29 is 4.79 Å². The van der Waals surface area contributed by atoms with Crippen LogP contribution in [0.4, 0.5) is 11.6 Å². The third-order valence-electron chi connectivity index (χ3n) is 2.47. The number of nitrogens with two attached hydrogens (primary N) is 1. The molecule has 0 atom stereocenters. The first-order valence-electron chi connectivity index (χ1n) is 5.38. The van der Waals surface area contributed by atoms with E-state index in [2.05, 4.69) is 10.3 Å². The number of rotatable bonds is 4. The van der Waals surface area contributed by atoms with E-state index in [1.807, 2.05) is 19.2 Å². The van der Waals surface area contributed by atoms with Crippen molar-refractivity contribution in [3.63, 3.8) is 0 Å². The first-order valence-corrected chi connectivity index (χ1v) is 5.38. The Morgan fingerprint density at radius 2 is 2.38 bits per heavy atom. The zero-order valence-electron chi connectivity index (χ0n) is 9.31. The number of hydrogen-bond donors (Lipinski definition) is 2. The van der Waals surface area contributed by atoms with Gasteiger partial charge in [0.25, 0.3) is 0 Å². The van der Waals surface area contributed by atoms with Crippen molar-refractivity contribution in [3.8, 4) is 0 Å². The zero-order chi connectivity index (χ0) is 11.5. The van der Waals surface area contributed by atoms with Crippen LogP contribution in [-0.4, -0.2) is 30.5 Å². The lowest BCUT2D eigenvalue weighted by Crippen LogP contribution is -2.36. The van der Waals surface area contributed by atoms with Gasteiger partial charge in [-0.25, -0.2) is 4.98 Å². The van der Waals surface area contributed by atoms with Gasteiger partial charge in [0.05, 0.1) is 6.54 Å². The molecule has 1 aliphatic rings. The van der Waals surface area contributed by atoms with Crippen LogP contribution in [-0.2, 0) is 4.79 Å². The molecule has 2 rings (SSSR count). The molecule has 1 amide bonds. The molecule has 1 aliphatic carbocycles. The molecule has 1 fully saturated rings. The van der Waals surface area contributed by atoms with E-state index in [4.69, 9.17) is 5.73 Å². The van der Waals surface area contributed by atoms with Gasteiger partial charge in [-0.2, -0.15) is 0 Å². The van der Waals surface area contributed by atoms with Crippen LogP contribution < -0.4 is 16.0 Å². The van der Waals surface area contributed by atoms with E-state index < -0.39 is 0 Å². The molecule has 0 unspecified atom stereocenters. The van der Waals surface area contributed by atoms with Gasteiger partial charge < -0.3 is 16.0 Å². The molecule has 1 aromatic rings. The van der Waals surface area contributed by atoms with Crippen LogP contribution in [0.1, 0.15) is 12.8 Å². The van der Waals surface area contributed by atoms with Crippen LogP contribution in [0, 0.1) is 0 Å². The fourth-order valence-corrected chi connectivity index (χ4v) is 1.45. The minimum atomic E-state index is 0.0363. The molecular weight excluding hydrogens is 204 g/mol. The Kier molecular flexibility index (Phi) is 2.94. The molecule has 86 valence electrons. The number of amides is 1. The fourth-order valence-electron chi connectivity index (χ4n) is 1.45. The highest BCUT2D eigenvalue weighted by molar-refractivity contribution is 5.81. The summed E-state index contributed by atoms with van der Waals surface area (Å²) in [4.78, 5) is 17.5. The van der Waals surface area contributed by atoms with E-state index in [0.717, 1.165) is 12.8 Å². The minimum absolute atomic E-state index is 0.0363. The summed E-state index contributed by atoms with van der Waals surface area (Å²) >= 11 is 0. The number of nitrogen functional groups attached to an aromatic ring is 1. The molecule has 0 radical (unpaired) electrons. The second kappa shape index (κ2) is 4.38. The van der Waals surface area contributed by atoms with Gasteiger partial charge in [0, 0.05) is 13.1 Å². The summed E-state index contributed by atoms with van der Waals surface area (Å²) in [5.74, 6) is 1.21. The maximum absolute atomic E-state index is 11.6. The average Bonchev–Trinajstić information content (AvgIpc) is 3.01. The molecule has 1 aromatic heterocycles. The summed E-state index contributed by atoms with van der Waals surface area (Å²) in [6.07, 6.45) is 2.21. The highest BCUT2D eigenvalue weighted by atomic mass is 16.2. The molecule has 0 bridgehead atoms. The lowest BCUT2D eigenvalue weighted by molar-refractivity contribution is -0.119. The predicted octanol–water partition coefficient (Wildman–Crippen LogP) is 0.379. The number of aromatic nitrogens is 1. The van der Waals surface area contributed by atoms with E-state index in [1.54, 1.807) is 11.0 Å². The topological polar surface area (TPSA) is 71.2 Å². The highest BCUT2D eigenvalue weighted by Crippen LogP contribution is 2.18. The van der Waals surface area contributed by atoms with Crippen LogP contribution in [0.25, 0.3) is 0 Å². The van der Waals surface area contributed by atoms with E-state index >= 15 is 0 Å². The zero-order valence-corrected chi connectivity index (χ0v) is 9.31. The number of pyridine rings is 1. The summed E-state index contributed by atoms with van der Waals surface area (Å²) in [6.45, 7) is 0.312. The number of anilines is 2. The number of hydrogen-bond acceptors (Lipinski definition) is 4. The van der Waals surface area contributed by atoms with Crippen LogP contribution in [0.2, 0.25) is 0 Å². The Hall–Kier alpha value is -1.78. The summed E-state index contributed by atoms with van der Waals surface area (Å²) < 4.78 is 0. The van der Waals surface area contributed by atoms with Crippen molar-refractivity contribution in [2.75, 3.05) is 24.2 Å². The molecule has 0 aromatic carbocycles. The Morgan fingerprint density at radius 3 is 3.00 bits per heavy atom. The van der Waals surface area contributed by atoms with Crippen molar-refractivity contribution in [2.24, 2.45) is 0 Å². The van der Waals surface area contributed by atoms with Gasteiger partial charge in [0.1, 0.15) is 11.6 Å². The number of carbonyl (C=O) groups is 1. The van der Waals surface area contributed by atoms with Crippen LogP contribution in [0.3, 0.4) is 0 Å². The van der Waals surface area contributed by atoms with E-state index in [9.17, 15) is 4.79 Å². The first kappa shape index (κ1) is 10.7. The summed E-state index contributed by atoms with van der Waals surface area (Å²) in [6, 6.07) is 5.78. The molecular formula is C11H16N4O. The lowest BCUT2D eigenvalue weighted by atomic mass is 10.4. The van der Waals surface area contributed by atoms with Gasteiger partial charge in [-0.15, -0.1) is 0 Å². The van der Waals surface area contributed by atoms with Gasteiger partial charge in [0.2, 0.25) is 5.91 Å². The Balaban J connectivity index is 1.91. The van der Waals surface area contributed by atoms with E-state index in [0.29, 0.717) is 24.2 Å². The summed E-state index contributed by atoms with van der Waals surface area (Å²) in [5, 5.41) is 2.93. The van der Waals surface area contributed by atoms with Crippen LogP contribution >= 0.6 is 0 Å². The second-order valence-electron chi connectivity index (χ2n) is 4.12. The molecule has 5 nitrogen and oxygen atoms in total. The van der Waals surface area contributed by atoms with Gasteiger partial charge in [-0.3, -0.25) is 4.79 Å². The van der Waals surface area contributed by atoms with Gasteiger partial charge in [-0.05, 0) is 25.0 Å². The number of carbonyl (C=O) groups excluding carboxylic acids is 1. The van der Waals surface area contributed by atoms with Gasteiger partial charge in [-0.1, -0.05) is 6.07 Å². The second-order valence-corrected chi connectivity index (χ2v) is 4.12. The normalized spacial score (nSPS) is 14.6. The largest absolute Gasteiger partial charge is 0.384 e. The van der Waals surface area contributed by atoms with Crippen molar-refractivity contribution in [3.05, 3.63) is 18.2 Å². The third-order valence-corrected chi connectivity index (χ3v) is 2.47. The smallest absolute Gasteiger partial charge is 0.239 e. The maximum Gasteiger partial charge on any atom is 0.239 e. The standard InChI is InChI=1S/C11H16N4O/c1-15(7-11(16)13-8-5-6-8)10-4-2-3-9(12)14-10/h2-4,8H,5-7H2,1H3,(H2,12,14)(H,13,16). The molecule has 1 saturated carbocycles. The molecule has 0 aliphatic heterocycles. The Bertz CT molecular complexity index is 389. The predicted molar refractivity (Wildman–Crippen MR) is 63.1 cm³/mol. The SMILES string of the molecule is CN(CC(=O)NC1CC1)c1cccc(N)n1. The first-order chi connectivity index (χ1) is 7.65. The van der Waals surface area contributed by atoms with Crippen molar-refractivity contribution in [1.82, 2.24) is 10.3 Å². The monoisotopic (exact) mass is 220 g/mol. The fraction of sp³-hybridized carbons (Fsp3) is 0.455. The number of nitrogens with one attached hydrogen (secondary N) is 1. The molecule has 3 N–H and O–H groups in total. The van der Waals surface area contributed by atoms with E-state index in [1.165, 1.54) is 0 Å². The number of nitrogens with zero attached hydrogens (tertiary/aromatic N) is 2. The molecule has 5 heteroatoms. The Morgan fingerprint density at radius 1 is 1.62 bits per heavy atom. The van der Waals surface area contributed by atoms with Crippen molar-refractivity contribution in [2.45, 2.75) is 18.9 Å². The third kappa shape index (κ3) is 2.85. The van der Waals surface area contributed by atoms with Gasteiger partial charge in [0.15, 0.2) is 0 Å². The molecule has 0 spiro atoms. The highest BCUT2D eigenvalue weighted by Gasteiger charge is 2.23. The Labute approximate surface area is 94.6 Å². The number of likely N-dealkylation sites (N-methyl/N-ethyl adjacent to an activating group) is 1.